The van der Waals surface area contributed by atoms with Crippen molar-refractivity contribution in [2.24, 2.45) is 5.84 Å². The molecule has 3 N–H and O–H groups in total. The molecular formula is C17H18N6O. The molecule has 1 aliphatic rings. The number of nitrogens with one attached hydrogen (secondary N) is 1. The van der Waals surface area contributed by atoms with Gasteiger partial charge in [-0.15, -0.1) is 0 Å². The van der Waals surface area contributed by atoms with Crippen LogP contribution in [0.1, 0.15) is 35.3 Å². The number of benzene rings is 1. The van der Waals surface area contributed by atoms with Gasteiger partial charge >= 0.3 is 0 Å². The summed E-state index contributed by atoms with van der Waals surface area (Å²) < 4.78 is 0. The first-order valence-corrected chi connectivity index (χ1v) is 7.86. The molecule has 7 heteroatoms. The van der Waals surface area contributed by atoms with E-state index in [1.807, 2.05) is 6.07 Å². The molecule has 1 aromatic heterocycles. The van der Waals surface area contributed by atoms with Crippen LogP contribution >= 0.6 is 0 Å². The maximum atomic E-state index is 12.0. The average Bonchev–Trinajstić information content (AvgIpc) is 2.67. The summed E-state index contributed by atoms with van der Waals surface area (Å²) in [5.74, 6) is 4.75. The highest BCUT2D eigenvalue weighted by molar-refractivity contribution is 5.99. The minimum Gasteiger partial charge on any atom is -0.371 e. The van der Waals surface area contributed by atoms with Gasteiger partial charge < -0.3 is 4.90 Å². The fourth-order valence-corrected chi connectivity index (χ4v) is 2.98. The average molecular weight is 322 g/mol. The smallest absolute Gasteiger partial charge is 0.286 e. The number of nitrogen functional groups attached to an aromatic ring is 1. The summed E-state index contributed by atoms with van der Waals surface area (Å²) in [5.41, 5.74) is 4.87. The summed E-state index contributed by atoms with van der Waals surface area (Å²) in [6.45, 7) is 1.88. The summed E-state index contributed by atoms with van der Waals surface area (Å²) in [5, 5.41) is 9.24. The highest BCUT2D eigenvalue weighted by Gasteiger charge is 2.21. The molecule has 2 aromatic rings. The van der Waals surface area contributed by atoms with Gasteiger partial charge in [0, 0.05) is 36.7 Å². The highest BCUT2D eigenvalue weighted by Crippen LogP contribution is 2.33. The van der Waals surface area contributed by atoms with Crippen molar-refractivity contribution in [3.63, 3.8) is 0 Å². The number of aromatic nitrogens is 2. The predicted octanol–water partition coefficient (Wildman–Crippen LogP) is 1.61. The lowest BCUT2D eigenvalue weighted by atomic mass is 10.0. The first kappa shape index (κ1) is 15.9. The van der Waals surface area contributed by atoms with Crippen molar-refractivity contribution in [1.82, 2.24) is 15.4 Å². The van der Waals surface area contributed by atoms with Crippen LogP contribution in [0.4, 0.5) is 5.69 Å². The Morgan fingerprint density at radius 3 is 2.67 bits per heavy atom. The zero-order valence-corrected chi connectivity index (χ0v) is 13.2. The predicted molar refractivity (Wildman–Crippen MR) is 89.9 cm³/mol. The normalized spacial score (nSPS) is 14.1. The van der Waals surface area contributed by atoms with E-state index in [0.29, 0.717) is 11.3 Å². The van der Waals surface area contributed by atoms with E-state index < -0.39 is 5.91 Å². The van der Waals surface area contributed by atoms with Gasteiger partial charge in [-0.1, -0.05) is 0 Å². The van der Waals surface area contributed by atoms with Crippen LogP contribution in [0, 0.1) is 11.3 Å². The van der Waals surface area contributed by atoms with Crippen molar-refractivity contribution in [3.05, 3.63) is 41.9 Å². The third-order valence-electron chi connectivity index (χ3n) is 4.12. The summed E-state index contributed by atoms with van der Waals surface area (Å²) in [6.07, 6.45) is 6.44. The fourth-order valence-electron chi connectivity index (χ4n) is 2.98. The van der Waals surface area contributed by atoms with Crippen LogP contribution in [0.2, 0.25) is 0 Å². The minimum absolute atomic E-state index is 0.147. The number of hydrogen-bond acceptors (Lipinski definition) is 6. The standard InChI is InChI=1S/C17H18N6O/c18-11-12-4-5-14(23-8-2-1-3-9-23)13(10-12)15-16(17(24)22-19)21-7-6-20-15/h4-7,10H,1-3,8-9,19H2,(H,22,24). The molecule has 122 valence electrons. The topological polar surface area (TPSA) is 108 Å². The molecule has 24 heavy (non-hydrogen) atoms. The molecule has 1 saturated heterocycles. The molecule has 3 rings (SSSR count). The molecule has 0 bridgehead atoms. The van der Waals surface area contributed by atoms with E-state index in [0.717, 1.165) is 37.2 Å². The van der Waals surface area contributed by atoms with Gasteiger partial charge in [-0.25, -0.2) is 10.8 Å². The van der Waals surface area contributed by atoms with E-state index in [-0.39, 0.29) is 5.69 Å². The number of nitrogens with two attached hydrogens (primary N) is 1. The van der Waals surface area contributed by atoms with Crippen LogP contribution in [0.15, 0.2) is 30.6 Å². The molecule has 1 amide bonds. The van der Waals surface area contributed by atoms with Crippen molar-refractivity contribution in [2.75, 3.05) is 18.0 Å². The minimum atomic E-state index is -0.509. The van der Waals surface area contributed by atoms with Crippen LogP contribution in [0.25, 0.3) is 11.3 Å². The van der Waals surface area contributed by atoms with Crippen molar-refractivity contribution < 1.29 is 4.79 Å². The number of piperidine rings is 1. The summed E-state index contributed by atoms with van der Waals surface area (Å²) in [4.78, 5) is 22.7. The molecule has 0 aliphatic carbocycles. The number of carbonyl (C=O) groups excluding carboxylic acids is 1. The van der Waals surface area contributed by atoms with Gasteiger partial charge in [-0.3, -0.25) is 15.2 Å². The van der Waals surface area contributed by atoms with Crippen LogP contribution in [-0.2, 0) is 0 Å². The Balaban J connectivity index is 2.16. The van der Waals surface area contributed by atoms with Gasteiger partial charge in [-0.2, -0.15) is 5.26 Å². The van der Waals surface area contributed by atoms with E-state index >= 15 is 0 Å². The Kier molecular flexibility index (Phi) is 4.68. The zero-order valence-electron chi connectivity index (χ0n) is 13.2. The first-order valence-electron chi connectivity index (χ1n) is 7.86. The molecule has 1 aliphatic heterocycles. The number of nitriles is 1. The fraction of sp³-hybridized carbons (Fsp3) is 0.294. The Morgan fingerprint density at radius 1 is 1.21 bits per heavy atom. The Bertz CT molecular complexity index is 792. The lowest BCUT2D eigenvalue weighted by Crippen LogP contribution is -2.32. The van der Waals surface area contributed by atoms with Crippen LogP contribution in [0.5, 0.6) is 0 Å². The second kappa shape index (κ2) is 7.06. The molecule has 2 heterocycles. The van der Waals surface area contributed by atoms with E-state index in [1.54, 1.807) is 12.1 Å². The highest BCUT2D eigenvalue weighted by atomic mass is 16.2. The Labute approximate surface area is 140 Å². The van der Waals surface area contributed by atoms with Crippen molar-refractivity contribution in [3.8, 4) is 17.3 Å². The molecule has 0 radical (unpaired) electrons. The number of hydrogen-bond donors (Lipinski definition) is 2. The SMILES string of the molecule is N#Cc1ccc(N2CCCCC2)c(-c2nccnc2C(=O)NN)c1. The molecular weight excluding hydrogens is 304 g/mol. The van der Waals surface area contributed by atoms with E-state index in [1.165, 1.54) is 18.8 Å². The van der Waals surface area contributed by atoms with Gasteiger partial charge in [0.25, 0.3) is 5.91 Å². The monoisotopic (exact) mass is 322 g/mol. The van der Waals surface area contributed by atoms with Crippen molar-refractivity contribution >= 4 is 11.6 Å². The van der Waals surface area contributed by atoms with Gasteiger partial charge in [0.1, 0.15) is 5.69 Å². The largest absolute Gasteiger partial charge is 0.371 e. The number of hydrazine groups is 1. The number of nitrogens with zero attached hydrogens (tertiary/aromatic N) is 4. The maximum Gasteiger partial charge on any atom is 0.286 e. The molecule has 0 atom stereocenters. The van der Waals surface area contributed by atoms with Crippen LogP contribution < -0.4 is 16.2 Å². The summed E-state index contributed by atoms with van der Waals surface area (Å²) in [7, 11) is 0. The zero-order chi connectivity index (χ0) is 16.9. The second-order valence-electron chi connectivity index (χ2n) is 5.62. The summed E-state index contributed by atoms with van der Waals surface area (Å²) in [6, 6.07) is 7.59. The van der Waals surface area contributed by atoms with Crippen LogP contribution in [-0.4, -0.2) is 29.0 Å². The Hall–Kier alpha value is -2.98. The van der Waals surface area contributed by atoms with Crippen molar-refractivity contribution in [2.45, 2.75) is 19.3 Å². The second-order valence-corrected chi connectivity index (χ2v) is 5.62. The van der Waals surface area contributed by atoms with Gasteiger partial charge in [0.15, 0.2) is 5.69 Å². The van der Waals surface area contributed by atoms with Gasteiger partial charge in [-0.05, 0) is 37.5 Å². The Morgan fingerprint density at radius 2 is 1.96 bits per heavy atom. The molecule has 0 saturated carbocycles. The lowest BCUT2D eigenvalue weighted by molar-refractivity contribution is 0.0949. The van der Waals surface area contributed by atoms with E-state index in [2.05, 4.69) is 26.4 Å². The number of rotatable bonds is 3. The summed E-state index contributed by atoms with van der Waals surface area (Å²) >= 11 is 0. The lowest BCUT2D eigenvalue weighted by Gasteiger charge is -2.30. The van der Waals surface area contributed by atoms with Gasteiger partial charge in [0.05, 0.1) is 11.6 Å². The van der Waals surface area contributed by atoms with E-state index in [4.69, 9.17) is 5.84 Å². The first-order chi connectivity index (χ1) is 11.7. The number of anilines is 1. The molecule has 0 unspecified atom stereocenters. The maximum absolute atomic E-state index is 12.0. The molecule has 1 fully saturated rings. The number of carbonyl (C=O) groups is 1. The third kappa shape index (κ3) is 3.05. The third-order valence-corrected chi connectivity index (χ3v) is 4.12. The quantitative estimate of drug-likeness (QED) is 0.505. The molecule has 7 nitrogen and oxygen atoms in total. The molecule has 0 spiro atoms. The van der Waals surface area contributed by atoms with E-state index in [9.17, 15) is 10.1 Å². The van der Waals surface area contributed by atoms with Crippen molar-refractivity contribution in [1.29, 1.82) is 5.26 Å². The number of amides is 1. The molecule has 1 aromatic carbocycles. The van der Waals surface area contributed by atoms with Gasteiger partial charge in [0.2, 0.25) is 0 Å². The van der Waals surface area contributed by atoms with Crippen LogP contribution in [0.3, 0.4) is 0 Å².